The van der Waals surface area contributed by atoms with Gasteiger partial charge in [-0.1, -0.05) is 15.9 Å². The predicted octanol–water partition coefficient (Wildman–Crippen LogP) is 3.07. The Balaban J connectivity index is 1.89. The van der Waals surface area contributed by atoms with Crippen LogP contribution in [0.5, 0.6) is 0 Å². The molecule has 1 aliphatic heterocycles. The molecule has 1 amide bonds. The van der Waals surface area contributed by atoms with Gasteiger partial charge in [0.05, 0.1) is 10.4 Å². The molecule has 0 aromatic heterocycles. The van der Waals surface area contributed by atoms with Gasteiger partial charge < -0.3 is 9.64 Å². The zero-order valence-electron chi connectivity index (χ0n) is 13.2. The van der Waals surface area contributed by atoms with Gasteiger partial charge >= 0.3 is 6.09 Å². The molecule has 0 aliphatic carbocycles. The standard InChI is InChI=1S/C15H21BrN2O3S/c1-14(2,3)21-13(19)18-9-15(4,10-18)17-22(20)12-7-5-11(16)6-8-12/h5-8,17H,9-10H2,1-4H3. The van der Waals surface area contributed by atoms with Crippen molar-refractivity contribution in [3.8, 4) is 0 Å². The third-order valence-corrected chi connectivity index (χ3v) is 5.01. The number of hydrogen-bond donors (Lipinski definition) is 1. The highest BCUT2D eigenvalue weighted by molar-refractivity contribution is 9.10. The van der Waals surface area contributed by atoms with Crippen LogP contribution in [0.1, 0.15) is 27.7 Å². The first-order valence-electron chi connectivity index (χ1n) is 7.01. The van der Waals surface area contributed by atoms with Gasteiger partial charge in [-0.25, -0.2) is 13.7 Å². The molecular weight excluding hydrogens is 368 g/mol. The van der Waals surface area contributed by atoms with Gasteiger partial charge in [-0.2, -0.15) is 0 Å². The van der Waals surface area contributed by atoms with E-state index in [1.165, 1.54) is 0 Å². The van der Waals surface area contributed by atoms with Crippen molar-refractivity contribution in [2.75, 3.05) is 13.1 Å². The Labute approximate surface area is 142 Å². The summed E-state index contributed by atoms with van der Waals surface area (Å²) in [6.07, 6.45) is -0.332. The lowest BCUT2D eigenvalue weighted by molar-refractivity contribution is -0.00748. The van der Waals surface area contributed by atoms with Crippen LogP contribution < -0.4 is 4.72 Å². The Morgan fingerprint density at radius 2 is 1.86 bits per heavy atom. The number of likely N-dealkylation sites (tertiary alicyclic amines) is 1. The summed E-state index contributed by atoms with van der Waals surface area (Å²) in [5, 5.41) is 0. The largest absolute Gasteiger partial charge is 0.444 e. The predicted molar refractivity (Wildman–Crippen MR) is 89.9 cm³/mol. The molecule has 1 saturated heterocycles. The number of nitrogens with zero attached hydrogens (tertiary/aromatic N) is 1. The fourth-order valence-electron chi connectivity index (χ4n) is 2.16. The first kappa shape index (κ1) is 17.4. The van der Waals surface area contributed by atoms with Crippen LogP contribution in [0.25, 0.3) is 0 Å². The lowest BCUT2D eigenvalue weighted by atomic mass is 9.94. The van der Waals surface area contributed by atoms with E-state index >= 15 is 0 Å². The Morgan fingerprint density at radius 3 is 2.36 bits per heavy atom. The summed E-state index contributed by atoms with van der Waals surface area (Å²) in [7, 11) is -1.31. The number of amides is 1. The van der Waals surface area contributed by atoms with Gasteiger partial charge in [0.15, 0.2) is 0 Å². The molecule has 1 unspecified atom stereocenters. The number of carbonyl (C=O) groups excluding carboxylic acids is 1. The molecule has 1 N–H and O–H groups in total. The van der Waals surface area contributed by atoms with Crippen molar-refractivity contribution in [3.63, 3.8) is 0 Å². The SMILES string of the molecule is CC1(NS(=O)c2ccc(Br)cc2)CN(C(=O)OC(C)(C)C)C1. The fourth-order valence-corrected chi connectivity index (χ4v) is 3.50. The summed E-state index contributed by atoms with van der Waals surface area (Å²) in [5.41, 5.74) is -0.869. The van der Waals surface area contributed by atoms with Crippen molar-refractivity contribution >= 4 is 33.0 Å². The number of benzene rings is 1. The van der Waals surface area contributed by atoms with Crippen molar-refractivity contribution < 1.29 is 13.7 Å². The highest BCUT2D eigenvalue weighted by Gasteiger charge is 2.44. The molecule has 22 heavy (non-hydrogen) atoms. The quantitative estimate of drug-likeness (QED) is 0.865. The van der Waals surface area contributed by atoms with Gasteiger partial charge in [0.1, 0.15) is 16.6 Å². The molecule has 1 heterocycles. The summed E-state index contributed by atoms with van der Waals surface area (Å²) >= 11 is 3.35. The van der Waals surface area contributed by atoms with Crippen LogP contribution in [0, 0.1) is 0 Å². The average molecular weight is 389 g/mol. The second-order valence-electron chi connectivity index (χ2n) is 6.72. The van der Waals surface area contributed by atoms with E-state index in [0.29, 0.717) is 18.0 Å². The Morgan fingerprint density at radius 1 is 1.32 bits per heavy atom. The summed E-state index contributed by atoms with van der Waals surface area (Å²) in [6, 6.07) is 7.32. The number of rotatable bonds is 3. The van der Waals surface area contributed by atoms with Crippen LogP contribution in [0.2, 0.25) is 0 Å². The van der Waals surface area contributed by atoms with Crippen LogP contribution in [-0.2, 0) is 15.7 Å². The molecular formula is C15H21BrN2O3S. The van der Waals surface area contributed by atoms with E-state index in [2.05, 4.69) is 20.7 Å². The first-order chi connectivity index (χ1) is 10.1. The molecule has 1 aliphatic rings. The van der Waals surface area contributed by atoms with Gasteiger partial charge in [-0.05, 0) is 52.0 Å². The van der Waals surface area contributed by atoms with E-state index in [0.717, 1.165) is 4.47 Å². The number of ether oxygens (including phenoxy) is 1. The number of carbonyl (C=O) groups is 1. The van der Waals surface area contributed by atoms with E-state index in [1.54, 1.807) is 17.0 Å². The monoisotopic (exact) mass is 388 g/mol. The molecule has 1 fully saturated rings. The molecule has 0 radical (unpaired) electrons. The zero-order chi connectivity index (χ0) is 16.5. The van der Waals surface area contributed by atoms with Crippen molar-refractivity contribution in [1.29, 1.82) is 0 Å². The first-order valence-corrected chi connectivity index (χ1v) is 8.95. The second kappa shape index (κ2) is 6.29. The zero-order valence-corrected chi connectivity index (χ0v) is 15.6. The molecule has 0 bridgehead atoms. The van der Waals surface area contributed by atoms with Crippen molar-refractivity contribution in [2.24, 2.45) is 0 Å². The summed E-state index contributed by atoms with van der Waals surface area (Å²) < 4.78 is 21.7. The lowest BCUT2D eigenvalue weighted by Gasteiger charge is -2.47. The number of halogens is 1. The van der Waals surface area contributed by atoms with E-state index in [1.807, 2.05) is 39.8 Å². The molecule has 0 spiro atoms. The number of hydrogen-bond acceptors (Lipinski definition) is 3. The van der Waals surface area contributed by atoms with E-state index in [4.69, 9.17) is 4.74 Å². The van der Waals surface area contributed by atoms with E-state index < -0.39 is 16.6 Å². The van der Waals surface area contributed by atoms with Crippen LogP contribution in [0.4, 0.5) is 4.79 Å². The highest BCUT2D eigenvalue weighted by Crippen LogP contribution is 2.24. The van der Waals surface area contributed by atoms with Crippen molar-refractivity contribution in [3.05, 3.63) is 28.7 Å². The normalized spacial score (nSPS) is 18.5. The second-order valence-corrected chi connectivity index (χ2v) is 8.85. The van der Waals surface area contributed by atoms with Crippen LogP contribution in [-0.4, -0.2) is 39.4 Å². The molecule has 7 heteroatoms. The maximum absolute atomic E-state index is 12.3. The minimum Gasteiger partial charge on any atom is -0.444 e. The van der Waals surface area contributed by atoms with E-state index in [-0.39, 0.29) is 11.6 Å². The molecule has 1 aromatic carbocycles. The van der Waals surface area contributed by atoms with Gasteiger partial charge in [0.2, 0.25) is 0 Å². The lowest BCUT2D eigenvalue weighted by Crippen LogP contribution is -2.69. The molecule has 2 rings (SSSR count). The fraction of sp³-hybridized carbons (Fsp3) is 0.533. The van der Waals surface area contributed by atoms with Gasteiger partial charge in [-0.3, -0.25) is 0 Å². The van der Waals surface area contributed by atoms with Crippen LogP contribution >= 0.6 is 15.9 Å². The average Bonchev–Trinajstić information content (AvgIpc) is 2.34. The van der Waals surface area contributed by atoms with Gasteiger partial charge in [0, 0.05) is 17.6 Å². The van der Waals surface area contributed by atoms with Crippen LogP contribution in [0.3, 0.4) is 0 Å². The van der Waals surface area contributed by atoms with E-state index in [9.17, 15) is 9.00 Å². The molecule has 1 aromatic rings. The number of nitrogens with one attached hydrogen (secondary N) is 1. The highest BCUT2D eigenvalue weighted by atomic mass is 79.9. The van der Waals surface area contributed by atoms with Crippen molar-refractivity contribution in [1.82, 2.24) is 9.62 Å². The minimum atomic E-state index is -1.31. The topological polar surface area (TPSA) is 58.6 Å². The van der Waals surface area contributed by atoms with Crippen molar-refractivity contribution in [2.45, 2.75) is 43.7 Å². The third-order valence-electron chi connectivity index (χ3n) is 3.10. The molecule has 5 nitrogen and oxygen atoms in total. The summed E-state index contributed by atoms with van der Waals surface area (Å²) in [4.78, 5) is 14.2. The summed E-state index contributed by atoms with van der Waals surface area (Å²) in [5.74, 6) is 0. The maximum atomic E-state index is 12.3. The Kier molecular flexibility index (Phi) is 4.99. The molecule has 122 valence electrons. The smallest absolute Gasteiger partial charge is 0.410 e. The van der Waals surface area contributed by atoms with Crippen LogP contribution in [0.15, 0.2) is 33.6 Å². The minimum absolute atomic E-state index is 0.332. The molecule has 0 saturated carbocycles. The third kappa shape index (κ3) is 4.54. The Bertz CT molecular complexity index is 577. The Hall–Kier alpha value is -0.920. The maximum Gasteiger partial charge on any atom is 0.410 e. The van der Waals surface area contributed by atoms with Gasteiger partial charge in [-0.15, -0.1) is 0 Å². The molecule has 1 atom stereocenters. The summed E-state index contributed by atoms with van der Waals surface area (Å²) in [6.45, 7) is 8.42. The van der Waals surface area contributed by atoms with Gasteiger partial charge in [0.25, 0.3) is 0 Å².